The van der Waals surface area contributed by atoms with Crippen LogP contribution in [0.15, 0.2) is 39.7 Å². The third kappa shape index (κ3) is 5.97. The first-order chi connectivity index (χ1) is 12.1. The van der Waals surface area contributed by atoms with Crippen LogP contribution in [0.3, 0.4) is 0 Å². The Balaban J connectivity index is 1.99. The molecule has 144 valence electrons. The average Bonchev–Trinajstić information content (AvgIpc) is 2.94. The molecule has 5 heteroatoms. The summed E-state index contributed by atoms with van der Waals surface area (Å²) in [6.07, 6.45) is 1.64. The summed E-state index contributed by atoms with van der Waals surface area (Å²) in [6, 6.07) is 8.29. The smallest absolute Gasteiger partial charge is 0.416 e. The Morgan fingerprint density at radius 1 is 1.15 bits per heavy atom. The molecule has 0 aliphatic rings. The van der Waals surface area contributed by atoms with E-state index in [4.69, 9.17) is 9.15 Å². The Labute approximate surface area is 160 Å². The minimum atomic E-state index is -0.393. The number of aromatic nitrogens is 1. The van der Waals surface area contributed by atoms with Gasteiger partial charge in [0.15, 0.2) is 0 Å². The molecular formula is C21H31NO3S. The van der Waals surface area contributed by atoms with Crippen LogP contribution in [-0.4, -0.2) is 17.3 Å². The fraction of sp³-hybridized carbons (Fsp3) is 0.571. The lowest BCUT2D eigenvalue weighted by Crippen LogP contribution is -2.29. The van der Waals surface area contributed by atoms with Gasteiger partial charge in [-0.1, -0.05) is 59.7 Å². The number of H-pyrrole nitrogens is 1. The maximum atomic E-state index is 11.1. The molecule has 0 saturated carbocycles. The predicted octanol–water partition coefficient (Wildman–Crippen LogP) is 5.24. The van der Waals surface area contributed by atoms with Gasteiger partial charge in [-0.05, 0) is 22.5 Å². The molecule has 1 aromatic heterocycles. The van der Waals surface area contributed by atoms with Crippen molar-refractivity contribution in [2.75, 3.05) is 12.4 Å². The van der Waals surface area contributed by atoms with E-state index >= 15 is 0 Å². The molecule has 0 aliphatic carbocycles. The van der Waals surface area contributed by atoms with E-state index in [-0.39, 0.29) is 10.8 Å². The van der Waals surface area contributed by atoms with Gasteiger partial charge in [0, 0.05) is 17.9 Å². The number of hydrogen-bond donors (Lipinski definition) is 1. The first-order valence-corrected chi connectivity index (χ1v) is 10.2. The fourth-order valence-corrected chi connectivity index (χ4v) is 3.98. The maximum absolute atomic E-state index is 11.1. The van der Waals surface area contributed by atoms with Crippen molar-refractivity contribution < 1.29 is 9.15 Å². The van der Waals surface area contributed by atoms with Crippen molar-refractivity contribution in [1.29, 1.82) is 0 Å². The Bertz CT molecular complexity index is 749. The Kier molecular flexibility index (Phi) is 6.67. The molecule has 1 aromatic carbocycles. The van der Waals surface area contributed by atoms with Crippen LogP contribution >= 0.6 is 11.8 Å². The molecule has 4 nitrogen and oxygen atoms in total. The maximum Gasteiger partial charge on any atom is 0.416 e. The van der Waals surface area contributed by atoms with Gasteiger partial charge >= 0.3 is 5.76 Å². The van der Waals surface area contributed by atoms with E-state index in [0.717, 1.165) is 11.5 Å². The summed E-state index contributed by atoms with van der Waals surface area (Å²) in [6.45, 7) is 14.0. The van der Waals surface area contributed by atoms with Crippen LogP contribution in [-0.2, 0) is 11.2 Å². The van der Waals surface area contributed by atoms with Crippen LogP contribution in [0.1, 0.15) is 52.9 Å². The number of benzene rings is 1. The summed E-state index contributed by atoms with van der Waals surface area (Å²) in [5.41, 5.74) is 1.41. The van der Waals surface area contributed by atoms with Crippen LogP contribution in [0.2, 0.25) is 0 Å². The van der Waals surface area contributed by atoms with E-state index in [1.165, 1.54) is 5.56 Å². The van der Waals surface area contributed by atoms with E-state index in [1.54, 1.807) is 18.0 Å². The monoisotopic (exact) mass is 377 g/mol. The van der Waals surface area contributed by atoms with E-state index in [2.05, 4.69) is 64.7 Å². The van der Waals surface area contributed by atoms with Gasteiger partial charge in [-0.25, -0.2) is 4.79 Å². The third-order valence-electron chi connectivity index (χ3n) is 4.50. The van der Waals surface area contributed by atoms with Crippen LogP contribution in [0.5, 0.6) is 5.75 Å². The van der Waals surface area contributed by atoms with Crippen LogP contribution < -0.4 is 10.5 Å². The second-order valence-electron chi connectivity index (χ2n) is 8.78. The number of rotatable bonds is 7. The highest BCUT2D eigenvalue weighted by Gasteiger charge is 2.26. The molecule has 0 fully saturated rings. The summed E-state index contributed by atoms with van der Waals surface area (Å²) >= 11 is 1.77. The van der Waals surface area contributed by atoms with Crippen molar-refractivity contribution >= 4 is 11.8 Å². The van der Waals surface area contributed by atoms with Gasteiger partial charge in [-0.15, -0.1) is 0 Å². The summed E-state index contributed by atoms with van der Waals surface area (Å²) in [5, 5.41) is 0. The van der Waals surface area contributed by atoms with Gasteiger partial charge in [0.2, 0.25) is 0 Å². The Morgan fingerprint density at radius 2 is 1.85 bits per heavy atom. The SMILES string of the molecule is CC(C)(C)c1ccccc1OCC(CSCc1c[nH]c(=O)o1)C(C)(C)C. The molecule has 1 unspecified atom stereocenters. The number of aromatic amines is 1. The molecule has 0 spiro atoms. The fourth-order valence-electron chi connectivity index (χ4n) is 2.64. The van der Waals surface area contributed by atoms with Gasteiger partial charge in [-0.3, -0.25) is 4.98 Å². The zero-order valence-electron chi connectivity index (χ0n) is 16.7. The molecule has 1 N–H and O–H groups in total. The molecule has 1 atom stereocenters. The highest BCUT2D eigenvalue weighted by molar-refractivity contribution is 7.98. The molecule has 0 aliphatic heterocycles. The van der Waals surface area contributed by atoms with E-state index in [0.29, 0.717) is 24.0 Å². The molecule has 0 bridgehead atoms. The minimum Gasteiger partial charge on any atom is -0.493 e. The normalized spacial score (nSPS) is 13.6. The molecule has 2 aromatic rings. The van der Waals surface area contributed by atoms with Crippen molar-refractivity contribution in [3.8, 4) is 5.75 Å². The van der Waals surface area contributed by atoms with Crippen molar-refractivity contribution in [2.24, 2.45) is 11.3 Å². The summed E-state index contributed by atoms with van der Waals surface area (Å²) < 4.78 is 11.3. The molecule has 0 radical (unpaired) electrons. The molecule has 1 heterocycles. The molecule has 2 rings (SSSR count). The lowest BCUT2D eigenvalue weighted by molar-refractivity contribution is 0.163. The van der Waals surface area contributed by atoms with E-state index in [9.17, 15) is 4.79 Å². The highest BCUT2D eigenvalue weighted by atomic mass is 32.2. The number of hydrogen-bond acceptors (Lipinski definition) is 4. The Hall–Kier alpha value is -1.62. The lowest BCUT2D eigenvalue weighted by Gasteiger charge is -2.31. The molecule has 0 saturated heterocycles. The average molecular weight is 378 g/mol. The van der Waals surface area contributed by atoms with Gasteiger partial charge in [0.05, 0.1) is 12.4 Å². The number of nitrogens with one attached hydrogen (secondary N) is 1. The third-order valence-corrected chi connectivity index (χ3v) is 5.62. The van der Waals surface area contributed by atoms with Gasteiger partial charge in [0.25, 0.3) is 0 Å². The van der Waals surface area contributed by atoms with E-state index in [1.807, 2.05) is 6.07 Å². The van der Waals surface area contributed by atoms with Crippen molar-refractivity contribution in [3.63, 3.8) is 0 Å². The van der Waals surface area contributed by atoms with Gasteiger partial charge in [-0.2, -0.15) is 11.8 Å². The van der Waals surface area contributed by atoms with Crippen LogP contribution in [0.25, 0.3) is 0 Å². The minimum absolute atomic E-state index is 0.0500. The van der Waals surface area contributed by atoms with Crippen molar-refractivity contribution in [1.82, 2.24) is 4.98 Å². The second-order valence-corrected chi connectivity index (χ2v) is 9.81. The standard InChI is InChI=1S/C21H31NO3S/c1-20(2,3)15(13-26-14-16-11-22-19(23)25-16)12-24-18-10-8-7-9-17(18)21(4,5)6/h7-11,15H,12-14H2,1-6H3,(H,22,23). The Morgan fingerprint density at radius 3 is 2.42 bits per heavy atom. The quantitative estimate of drug-likeness (QED) is 0.717. The highest BCUT2D eigenvalue weighted by Crippen LogP contribution is 2.34. The number of ether oxygens (including phenoxy) is 1. The molecular weight excluding hydrogens is 346 g/mol. The van der Waals surface area contributed by atoms with Crippen LogP contribution in [0.4, 0.5) is 0 Å². The van der Waals surface area contributed by atoms with Crippen molar-refractivity contribution in [3.05, 3.63) is 52.3 Å². The summed E-state index contributed by atoms with van der Waals surface area (Å²) in [7, 11) is 0. The first-order valence-electron chi connectivity index (χ1n) is 9.05. The largest absolute Gasteiger partial charge is 0.493 e. The molecule has 0 amide bonds. The van der Waals surface area contributed by atoms with Crippen LogP contribution in [0, 0.1) is 11.3 Å². The number of oxazole rings is 1. The second kappa shape index (κ2) is 8.38. The molecule has 26 heavy (non-hydrogen) atoms. The first kappa shape index (κ1) is 20.7. The predicted molar refractivity (Wildman–Crippen MR) is 109 cm³/mol. The number of para-hydroxylation sites is 1. The zero-order chi connectivity index (χ0) is 19.4. The summed E-state index contributed by atoms with van der Waals surface area (Å²) in [5.74, 6) is 3.27. The lowest BCUT2D eigenvalue weighted by atomic mass is 9.82. The van der Waals surface area contributed by atoms with E-state index < -0.39 is 5.76 Å². The topological polar surface area (TPSA) is 55.2 Å². The van der Waals surface area contributed by atoms with Gasteiger partial charge in [0.1, 0.15) is 11.5 Å². The zero-order valence-corrected chi connectivity index (χ0v) is 17.5. The van der Waals surface area contributed by atoms with Gasteiger partial charge < -0.3 is 9.15 Å². The number of thioether (sulfide) groups is 1. The van der Waals surface area contributed by atoms with Crippen molar-refractivity contribution in [2.45, 2.75) is 52.7 Å². The summed E-state index contributed by atoms with van der Waals surface area (Å²) in [4.78, 5) is 13.6.